The number of hydrogen-bond donors (Lipinski definition) is 2. The number of aliphatic imine (C=N–C) groups is 1. The Labute approximate surface area is 120 Å². The Morgan fingerprint density at radius 2 is 1.95 bits per heavy atom. The largest absolute Gasteiger partial charge is 0.497 e. The molecule has 2 rings (SSSR count). The summed E-state index contributed by atoms with van der Waals surface area (Å²) in [6.07, 6.45) is 3.98. The van der Waals surface area contributed by atoms with E-state index < -0.39 is 0 Å². The van der Waals surface area contributed by atoms with Gasteiger partial charge in [-0.25, -0.2) is 0 Å². The van der Waals surface area contributed by atoms with Gasteiger partial charge in [-0.2, -0.15) is 0 Å². The number of hydrogen-bond acceptors (Lipinski definition) is 3. The number of nitrogens with two attached hydrogens (primary N) is 1. The van der Waals surface area contributed by atoms with Gasteiger partial charge < -0.3 is 20.7 Å². The lowest BCUT2D eigenvalue weighted by molar-refractivity contribution is 0.235. The lowest BCUT2D eigenvalue weighted by Crippen LogP contribution is -2.32. The van der Waals surface area contributed by atoms with Crippen LogP contribution in [0.4, 0.5) is 5.69 Å². The molecule has 0 saturated carbocycles. The maximum atomic E-state index is 5.88. The van der Waals surface area contributed by atoms with Crippen molar-refractivity contribution in [2.75, 3.05) is 38.6 Å². The zero-order valence-corrected chi connectivity index (χ0v) is 12.1. The molecule has 20 heavy (non-hydrogen) atoms. The van der Waals surface area contributed by atoms with Gasteiger partial charge >= 0.3 is 0 Å². The number of benzene rings is 1. The first-order valence-electron chi connectivity index (χ1n) is 7.21. The van der Waals surface area contributed by atoms with Crippen molar-refractivity contribution < 1.29 is 4.74 Å². The van der Waals surface area contributed by atoms with Gasteiger partial charge in [0.2, 0.25) is 0 Å². The molecule has 1 aliphatic rings. The van der Waals surface area contributed by atoms with Crippen LogP contribution in [0.2, 0.25) is 0 Å². The first-order valence-corrected chi connectivity index (χ1v) is 7.21. The van der Waals surface area contributed by atoms with Crippen molar-refractivity contribution >= 4 is 11.6 Å². The molecule has 3 N–H and O–H groups in total. The van der Waals surface area contributed by atoms with E-state index in [4.69, 9.17) is 10.5 Å². The molecule has 0 atom stereocenters. The third-order valence-corrected chi connectivity index (χ3v) is 3.51. The van der Waals surface area contributed by atoms with Crippen LogP contribution >= 0.6 is 0 Å². The van der Waals surface area contributed by atoms with Gasteiger partial charge in [0, 0.05) is 12.2 Å². The summed E-state index contributed by atoms with van der Waals surface area (Å²) in [6, 6.07) is 7.63. The second kappa shape index (κ2) is 7.75. The van der Waals surface area contributed by atoms with Crippen LogP contribution in [0.25, 0.3) is 0 Å². The van der Waals surface area contributed by atoms with E-state index in [-0.39, 0.29) is 0 Å². The summed E-state index contributed by atoms with van der Waals surface area (Å²) in [5, 5.41) is 3.08. The standard InChI is InChI=1S/C15H24N4O/c1-20-14-7-5-13(6-8-14)18-15(16)17-9-12-19-10-3-2-4-11-19/h5-8H,2-4,9-12H2,1H3,(H3,16,17,18). The fourth-order valence-electron chi connectivity index (χ4n) is 2.36. The molecular weight excluding hydrogens is 252 g/mol. The van der Waals surface area contributed by atoms with Gasteiger partial charge in [-0.1, -0.05) is 6.42 Å². The first-order chi connectivity index (χ1) is 9.78. The molecular formula is C15H24N4O. The Morgan fingerprint density at radius 3 is 2.60 bits per heavy atom. The molecule has 5 heteroatoms. The SMILES string of the molecule is COc1ccc(NC(N)=NCCN2CCCCC2)cc1. The van der Waals surface area contributed by atoms with Crippen LogP contribution < -0.4 is 15.8 Å². The van der Waals surface area contributed by atoms with Gasteiger partial charge in [0.15, 0.2) is 5.96 Å². The molecule has 0 unspecified atom stereocenters. The van der Waals surface area contributed by atoms with Crippen molar-refractivity contribution in [3.8, 4) is 5.75 Å². The Bertz CT molecular complexity index is 424. The number of anilines is 1. The summed E-state index contributed by atoms with van der Waals surface area (Å²) in [4.78, 5) is 6.82. The summed E-state index contributed by atoms with van der Waals surface area (Å²) in [6.45, 7) is 4.13. The van der Waals surface area contributed by atoms with E-state index in [1.54, 1.807) is 7.11 Å². The van der Waals surface area contributed by atoms with Crippen LogP contribution in [-0.2, 0) is 0 Å². The van der Waals surface area contributed by atoms with Gasteiger partial charge in [-0.3, -0.25) is 4.99 Å². The van der Waals surface area contributed by atoms with E-state index in [0.717, 1.165) is 24.5 Å². The normalized spacial score (nSPS) is 16.9. The van der Waals surface area contributed by atoms with Crippen molar-refractivity contribution in [1.82, 2.24) is 4.90 Å². The molecule has 0 aliphatic carbocycles. The highest BCUT2D eigenvalue weighted by Gasteiger charge is 2.08. The highest BCUT2D eigenvalue weighted by atomic mass is 16.5. The number of nitrogens with zero attached hydrogens (tertiary/aromatic N) is 2. The number of piperidine rings is 1. The molecule has 0 aromatic heterocycles. The molecule has 0 bridgehead atoms. The van der Waals surface area contributed by atoms with Crippen LogP contribution in [0.5, 0.6) is 5.75 Å². The van der Waals surface area contributed by atoms with E-state index in [1.165, 1.54) is 32.4 Å². The molecule has 1 heterocycles. The molecule has 110 valence electrons. The Hall–Kier alpha value is -1.75. The zero-order valence-electron chi connectivity index (χ0n) is 12.1. The number of likely N-dealkylation sites (tertiary alicyclic amines) is 1. The summed E-state index contributed by atoms with van der Waals surface area (Å²) in [7, 11) is 1.65. The van der Waals surface area contributed by atoms with E-state index in [9.17, 15) is 0 Å². The number of nitrogens with one attached hydrogen (secondary N) is 1. The Kier molecular flexibility index (Phi) is 5.68. The van der Waals surface area contributed by atoms with E-state index in [1.807, 2.05) is 24.3 Å². The Morgan fingerprint density at radius 1 is 1.25 bits per heavy atom. The van der Waals surface area contributed by atoms with Crippen molar-refractivity contribution in [2.24, 2.45) is 10.7 Å². The van der Waals surface area contributed by atoms with Crippen molar-refractivity contribution in [3.63, 3.8) is 0 Å². The molecule has 1 aromatic rings. The summed E-state index contributed by atoms with van der Waals surface area (Å²) >= 11 is 0. The second-order valence-electron chi connectivity index (χ2n) is 5.02. The van der Waals surface area contributed by atoms with Crippen molar-refractivity contribution in [3.05, 3.63) is 24.3 Å². The molecule has 0 radical (unpaired) electrons. The lowest BCUT2D eigenvalue weighted by Gasteiger charge is -2.25. The zero-order chi connectivity index (χ0) is 14.2. The summed E-state index contributed by atoms with van der Waals surface area (Å²) in [5.74, 6) is 1.29. The maximum Gasteiger partial charge on any atom is 0.193 e. The molecule has 1 aromatic carbocycles. The number of ether oxygens (including phenoxy) is 1. The predicted molar refractivity (Wildman–Crippen MR) is 83.4 cm³/mol. The highest BCUT2D eigenvalue weighted by molar-refractivity contribution is 5.92. The molecule has 1 aliphatic heterocycles. The second-order valence-corrected chi connectivity index (χ2v) is 5.02. The van der Waals surface area contributed by atoms with Crippen LogP contribution in [0.1, 0.15) is 19.3 Å². The average Bonchev–Trinajstić information content (AvgIpc) is 2.49. The van der Waals surface area contributed by atoms with E-state index >= 15 is 0 Å². The van der Waals surface area contributed by atoms with Crippen LogP contribution in [-0.4, -0.2) is 44.1 Å². The van der Waals surface area contributed by atoms with Gasteiger partial charge in [0.25, 0.3) is 0 Å². The topological polar surface area (TPSA) is 62.9 Å². The molecule has 0 spiro atoms. The van der Waals surface area contributed by atoms with Crippen molar-refractivity contribution in [2.45, 2.75) is 19.3 Å². The minimum Gasteiger partial charge on any atom is -0.497 e. The van der Waals surface area contributed by atoms with Gasteiger partial charge in [-0.15, -0.1) is 0 Å². The highest BCUT2D eigenvalue weighted by Crippen LogP contribution is 2.14. The third-order valence-electron chi connectivity index (χ3n) is 3.51. The third kappa shape index (κ3) is 4.74. The summed E-state index contributed by atoms with van der Waals surface area (Å²) in [5.41, 5.74) is 6.80. The maximum absolute atomic E-state index is 5.88. The molecule has 0 amide bonds. The smallest absolute Gasteiger partial charge is 0.193 e. The van der Waals surface area contributed by atoms with Gasteiger partial charge in [0.05, 0.1) is 13.7 Å². The Balaban J connectivity index is 1.74. The fourth-order valence-corrected chi connectivity index (χ4v) is 2.36. The quantitative estimate of drug-likeness (QED) is 0.637. The van der Waals surface area contributed by atoms with Crippen LogP contribution in [0.15, 0.2) is 29.3 Å². The number of rotatable bonds is 5. The number of methoxy groups -OCH3 is 1. The van der Waals surface area contributed by atoms with E-state index in [2.05, 4.69) is 15.2 Å². The first kappa shape index (κ1) is 14.7. The molecule has 5 nitrogen and oxygen atoms in total. The fraction of sp³-hybridized carbons (Fsp3) is 0.533. The molecule has 1 saturated heterocycles. The lowest BCUT2D eigenvalue weighted by atomic mass is 10.1. The van der Waals surface area contributed by atoms with Gasteiger partial charge in [-0.05, 0) is 50.2 Å². The minimum atomic E-state index is 0.465. The number of guanidine groups is 1. The predicted octanol–water partition coefficient (Wildman–Crippen LogP) is 1.91. The summed E-state index contributed by atoms with van der Waals surface area (Å²) < 4.78 is 5.11. The minimum absolute atomic E-state index is 0.465. The van der Waals surface area contributed by atoms with Crippen molar-refractivity contribution in [1.29, 1.82) is 0 Å². The van der Waals surface area contributed by atoms with Gasteiger partial charge in [0.1, 0.15) is 5.75 Å². The van der Waals surface area contributed by atoms with Crippen LogP contribution in [0.3, 0.4) is 0 Å². The monoisotopic (exact) mass is 276 g/mol. The molecule has 1 fully saturated rings. The average molecular weight is 276 g/mol. The van der Waals surface area contributed by atoms with E-state index in [0.29, 0.717) is 5.96 Å². The van der Waals surface area contributed by atoms with Crippen LogP contribution in [0, 0.1) is 0 Å².